The van der Waals surface area contributed by atoms with Gasteiger partial charge in [0.2, 0.25) is 18.2 Å². The summed E-state index contributed by atoms with van der Waals surface area (Å²) in [5.41, 5.74) is 3.54. The molecule has 0 bridgehead atoms. The summed E-state index contributed by atoms with van der Waals surface area (Å²) in [4.78, 5) is 40.9. The van der Waals surface area contributed by atoms with Crippen LogP contribution in [0.3, 0.4) is 0 Å². The highest BCUT2D eigenvalue weighted by molar-refractivity contribution is 7.98. The van der Waals surface area contributed by atoms with E-state index in [9.17, 15) is 14.4 Å². The molecule has 0 saturated carbocycles. The molecule has 2 heterocycles. The Hall–Kier alpha value is -2.88. The van der Waals surface area contributed by atoms with Crippen molar-refractivity contribution in [1.29, 1.82) is 0 Å². The smallest absolute Gasteiger partial charge is 0.245 e. The number of likely N-dealkylation sites (N-methyl/N-ethyl adjacent to an activating group) is 1. The maximum atomic E-state index is 13.2. The highest BCUT2D eigenvalue weighted by Crippen LogP contribution is 2.27. The second kappa shape index (κ2) is 16.2. The Morgan fingerprint density at radius 1 is 1.03 bits per heavy atom. The van der Waals surface area contributed by atoms with E-state index in [0.717, 1.165) is 24.3 Å². The van der Waals surface area contributed by atoms with Gasteiger partial charge < -0.3 is 15.1 Å². The topological polar surface area (TPSA) is 76.2 Å². The van der Waals surface area contributed by atoms with Crippen LogP contribution in [0.2, 0.25) is 0 Å². The highest BCUT2D eigenvalue weighted by atomic mass is 32.2. The number of benzene rings is 2. The number of hydrogen-bond donors (Lipinski definition) is 1. The van der Waals surface area contributed by atoms with Gasteiger partial charge in [0.15, 0.2) is 0 Å². The Balaban J connectivity index is 0.000000387. The zero-order chi connectivity index (χ0) is 28.1. The SMILES string of the molecule is CC.CNCc1ccccc1.CSCC[C@H]1C(=O)N(Cc2ccc(C)cc2)CC2N1C(=O)CN(C)N2C=O. The van der Waals surface area contributed by atoms with Gasteiger partial charge in [0.25, 0.3) is 0 Å². The number of amides is 3. The number of fused-ring (bicyclic) bond motifs is 1. The summed E-state index contributed by atoms with van der Waals surface area (Å²) >= 11 is 1.65. The van der Waals surface area contributed by atoms with Gasteiger partial charge in [-0.1, -0.05) is 74.0 Å². The number of nitrogens with one attached hydrogen (secondary N) is 1. The second-order valence-electron chi connectivity index (χ2n) is 9.10. The summed E-state index contributed by atoms with van der Waals surface area (Å²) in [6, 6.07) is 17.9. The molecular weight excluding hydrogens is 498 g/mol. The van der Waals surface area contributed by atoms with Gasteiger partial charge in [-0.15, -0.1) is 0 Å². The van der Waals surface area contributed by atoms with E-state index in [1.807, 2.05) is 76.5 Å². The number of hydrogen-bond acceptors (Lipinski definition) is 6. The molecule has 1 unspecified atom stereocenters. The van der Waals surface area contributed by atoms with Gasteiger partial charge in [-0.2, -0.15) is 11.8 Å². The van der Waals surface area contributed by atoms with Crippen molar-refractivity contribution >= 4 is 30.0 Å². The van der Waals surface area contributed by atoms with Crippen LogP contribution in [0.5, 0.6) is 0 Å². The van der Waals surface area contributed by atoms with Crippen molar-refractivity contribution in [3.8, 4) is 0 Å². The molecule has 8 nitrogen and oxygen atoms in total. The standard InChI is InChI=1S/C19H26N4O3S.C8H11N.C2H6/c1-14-4-6-15(7-5-14)10-21-11-17-22(13-24)20(2)12-18(25)23(17)16(19(21)26)8-9-27-3;1-9-7-8-5-3-2-4-6-8;1-2/h4-7,13,16-17H,8-12H2,1-3H3;2-6,9H,7H2,1H3;1-2H3/t16-,17?;;/m0../s1. The maximum absolute atomic E-state index is 13.2. The molecule has 2 aromatic carbocycles. The molecule has 38 heavy (non-hydrogen) atoms. The lowest BCUT2D eigenvalue weighted by Gasteiger charge is -2.53. The summed E-state index contributed by atoms with van der Waals surface area (Å²) in [7, 11) is 3.67. The lowest BCUT2D eigenvalue weighted by atomic mass is 10.0. The minimum atomic E-state index is -0.523. The van der Waals surface area contributed by atoms with E-state index in [-0.39, 0.29) is 18.4 Å². The van der Waals surface area contributed by atoms with Crippen molar-refractivity contribution in [2.45, 2.75) is 52.5 Å². The van der Waals surface area contributed by atoms with Crippen molar-refractivity contribution in [3.63, 3.8) is 0 Å². The molecule has 2 saturated heterocycles. The van der Waals surface area contributed by atoms with Crippen LogP contribution in [0.4, 0.5) is 0 Å². The van der Waals surface area contributed by atoms with Crippen molar-refractivity contribution in [3.05, 3.63) is 71.3 Å². The normalized spacial score (nSPS) is 19.2. The minimum absolute atomic E-state index is 0.0374. The number of hydrazine groups is 1. The zero-order valence-electron chi connectivity index (χ0n) is 23.6. The van der Waals surface area contributed by atoms with Gasteiger partial charge in [0.1, 0.15) is 12.2 Å². The van der Waals surface area contributed by atoms with Crippen LogP contribution in [0.1, 0.15) is 37.0 Å². The van der Waals surface area contributed by atoms with Gasteiger partial charge in [-0.25, -0.2) is 5.01 Å². The molecule has 2 aromatic rings. The highest BCUT2D eigenvalue weighted by Gasteiger charge is 2.48. The van der Waals surface area contributed by atoms with Gasteiger partial charge in [-0.05, 0) is 43.5 Å². The largest absolute Gasteiger partial charge is 0.333 e. The maximum Gasteiger partial charge on any atom is 0.245 e. The molecule has 208 valence electrons. The van der Waals surface area contributed by atoms with Crippen LogP contribution in [0.15, 0.2) is 54.6 Å². The molecule has 2 fully saturated rings. The van der Waals surface area contributed by atoms with E-state index in [4.69, 9.17) is 0 Å². The van der Waals surface area contributed by atoms with E-state index in [0.29, 0.717) is 19.5 Å². The summed E-state index contributed by atoms with van der Waals surface area (Å²) in [6.07, 6.45) is 2.86. The first-order chi connectivity index (χ1) is 18.4. The van der Waals surface area contributed by atoms with E-state index < -0.39 is 12.2 Å². The molecular formula is C29H43N5O3S. The van der Waals surface area contributed by atoms with Crippen LogP contribution in [-0.2, 0) is 27.5 Å². The number of thioether (sulfide) groups is 1. The first-order valence-electron chi connectivity index (χ1n) is 13.2. The lowest BCUT2D eigenvalue weighted by molar-refractivity contribution is -0.196. The number of aryl methyl sites for hydroxylation is 1. The number of carbonyl (C=O) groups is 3. The third-order valence-corrected chi connectivity index (χ3v) is 7.05. The van der Waals surface area contributed by atoms with Crippen LogP contribution >= 0.6 is 11.8 Å². The van der Waals surface area contributed by atoms with E-state index in [1.54, 1.807) is 33.6 Å². The molecule has 3 amide bonds. The minimum Gasteiger partial charge on any atom is -0.333 e. The van der Waals surface area contributed by atoms with Gasteiger partial charge >= 0.3 is 0 Å². The predicted molar refractivity (Wildman–Crippen MR) is 155 cm³/mol. The summed E-state index contributed by atoms with van der Waals surface area (Å²) < 4.78 is 0. The molecule has 9 heteroatoms. The first kappa shape index (κ1) is 31.3. The number of rotatable bonds is 8. The van der Waals surface area contributed by atoms with Crippen LogP contribution in [0, 0.1) is 6.92 Å². The molecule has 4 rings (SSSR count). The molecule has 0 aromatic heterocycles. The van der Waals surface area contributed by atoms with Crippen molar-refractivity contribution in [1.82, 2.24) is 25.1 Å². The number of carbonyl (C=O) groups excluding carboxylic acids is 3. The predicted octanol–water partition coefficient (Wildman–Crippen LogP) is 3.36. The Bertz CT molecular complexity index is 1010. The van der Waals surface area contributed by atoms with Gasteiger partial charge in [0, 0.05) is 20.1 Å². The fraction of sp³-hybridized carbons (Fsp3) is 0.483. The third-order valence-electron chi connectivity index (χ3n) is 6.41. The lowest BCUT2D eigenvalue weighted by Crippen LogP contribution is -2.74. The first-order valence-corrected chi connectivity index (χ1v) is 14.6. The molecule has 0 aliphatic carbocycles. The Labute approximate surface area is 232 Å². The molecule has 0 radical (unpaired) electrons. The average molecular weight is 542 g/mol. The third kappa shape index (κ3) is 8.31. The number of nitrogens with zero attached hydrogens (tertiary/aromatic N) is 4. The zero-order valence-corrected chi connectivity index (χ0v) is 24.4. The molecule has 0 spiro atoms. The van der Waals surface area contributed by atoms with Crippen LogP contribution in [-0.4, -0.2) is 89.4 Å². The molecule has 2 aliphatic rings. The Kier molecular flexibility index (Phi) is 13.3. The quantitative estimate of drug-likeness (QED) is 0.517. The van der Waals surface area contributed by atoms with Crippen molar-refractivity contribution in [2.75, 3.05) is 39.2 Å². The Morgan fingerprint density at radius 3 is 2.26 bits per heavy atom. The average Bonchev–Trinajstić information content (AvgIpc) is 2.92. The van der Waals surface area contributed by atoms with E-state index in [1.165, 1.54) is 16.1 Å². The summed E-state index contributed by atoms with van der Waals surface area (Å²) in [5.74, 6) is 0.641. The van der Waals surface area contributed by atoms with Crippen molar-refractivity contribution < 1.29 is 14.4 Å². The molecule has 1 N–H and O–H groups in total. The Morgan fingerprint density at radius 2 is 1.68 bits per heavy atom. The van der Waals surface area contributed by atoms with E-state index >= 15 is 0 Å². The van der Waals surface area contributed by atoms with E-state index in [2.05, 4.69) is 17.4 Å². The van der Waals surface area contributed by atoms with Gasteiger partial charge in [0.05, 0.1) is 13.1 Å². The summed E-state index contributed by atoms with van der Waals surface area (Å²) in [6.45, 7) is 7.88. The second-order valence-corrected chi connectivity index (χ2v) is 10.1. The fourth-order valence-electron chi connectivity index (χ4n) is 4.55. The molecule has 2 atom stereocenters. The monoisotopic (exact) mass is 541 g/mol. The van der Waals surface area contributed by atoms with Gasteiger partial charge in [-0.3, -0.25) is 19.4 Å². The molecule has 2 aliphatic heterocycles. The van der Waals surface area contributed by atoms with Crippen LogP contribution < -0.4 is 5.32 Å². The van der Waals surface area contributed by atoms with Crippen LogP contribution in [0.25, 0.3) is 0 Å². The summed E-state index contributed by atoms with van der Waals surface area (Å²) in [5, 5.41) is 6.24. The number of piperazine rings is 1. The van der Waals surface area contributed by atoms with Crippen molar-refractivity contribution in [2.24, 2.45) is 0 Å². The fourth-order valence-corrected chi connectivity index (χ4v) is 5.01.